The molecule has 0 spiro atoms. The van der Waals surface area contributed by atoms with Crippen molar-refractivity contribution in [3.8, 4) is 0 Å². The average molecular weight is 5000 g/mol. The Morgan fingerprint density at radius 3 is 0.100 bits per heavy atom. The van der Waals surface area contributed by atoms with Crippen molar-refractivity contribution in [1.29, 1.82) is 0 Å². The van der Waals surface area contributed by atoms with Gasteiger partial charge in [-0.05, 0) is 0 Å². The summed E-state index contributed by atoms with van der Waals surface area (Å²) < 4.78 is 0. The van der Waals surface area contributed by atoms with Gasteiger partial charge in [-0.15, -0.1) is 0 Å². The van der Waals surface area contributed by atoms with Gasteiger partial charge in [0.25, 0.3) is 0 Å². The van der Waals surface area contributed by atoms with Gasteiger partial charge >= 0.3 is 221 Å². The molecule has 0 amide bonds. The van der Waals surface area contributed by atoms with Crippen LogP contribution in [-0.4, -0.2) is 1320 Å². The van der Waals surface area contributed by atoms with Crippen LogP contribution in [0.25, 0.3) is 0 Å². The maximum absolute atomic E-state index is 1.11. The Morgan fingerprint density at radius 2 is 0.100 bits per heavy atom. The number of hydrogen-bond acceptors (Lipinski definition) is 0. The van der Waals surface area contributed by atoms with Gasteiger partial charge in [0.05, 0.1) is 0 Å². The topological polar surface area (TPSA) is 0 Å². The summed E-state index contributed by atoms with van der Waals surface area (Å²) in [5.41, 5.74) is 0. The van der Waals surface area contributed by atoms with Crippen molar-refractivity contribution in [3.05, 3.63) is 0 Å². The fourth-order valence-corrected chi connectivity index (χ4v) is 0. The monoisotopic (exact) mass is 4980 g/mol. The second-order valence-electron chi connectivity index (χ2n) is 0. The Kier molecular flexibility index (Phi) is 1800. The van der Waals surface area contributed by atoms with Gasteiger partial charge in [0.15, 0.2) is 0 Å². The summed E-state index contributed by atoms with van der Waals surface area (Å²) >= 11 is 6.67. The van der Waals surface area contributed by atoms with Crippen molar-refractivity contribution >= 4 is 1320 Å². The molecule has 0 unspecified atom stereocenters. The zero-order valence-electron chi connectivity index (χ0n) is 24.5. The minimum atomic E-state index is 0. The van der Waals surface area contributed by atoms with Gasteiger partial charge in [0.2, 0.25) is 0 Å². The van der Waals surface area contributed by atoms with Crippen molar-refractivity contribution in [2.45, 2.75) is 0 Å². The van der Waals surface area contributed by atoms with Gasteiger partial charge in [0, 0.05) is 1100 Å². The minimum Gasteiger partial charge on any atom is 0 e. The molecule has 0 aliphatic heterocycles. The summed E-state index contributed by atoms with van der Waals surface area (Å²) in [5.74, 6) is 0. The summed E-state index contributed by atoms with van der Waals surface area (Å²) in [7, 11) is 0. The van der Waals surface area contributed by atoms with E-state index in [9.17, 15) is 0 Å². The van der Waals surface area contributed by atoms with E-state index in [4.69, 9.17) is 0 Å². The van der Waals surface area contributed by atoms with Crippen LogP contribution in [0.3, 0.4) is 0 Å². The zero-order chi connectivity index (χ0) is 6.00. The molecule has 40 heavy (non-hydrogen) atoms. The first-order valence-corrected chi connectivity index (χ1v) is 159. The summed E-state index contributed by atoms with van der Waals surface area (Å²) in [5, 5.41) is 0. The van der Waals surface area contributed by atoms with Crippen LogP contribution in [0.15, 0.2) is 0 Å². The SMILES string of the molecule is [Cs].[Cs].[Cs].[Cs].[Cs].[Cs].[Cs][Cs].[Cs][Cs].[Cs][Cs].[Sb].[Sb].[Sb].[Sb].[Sb].[Sb].[Sb].[Sb].[Sb].[Sb].[Sb].[Sb].[Sb].[Sb].[Sb].[Sb].[Sb].[Sb].[Sb].[Sb].[Sb].[Sb].[Sb].[Sb].[Sb].[Sb].[Sb].[Sb]. The second-order valence-corrected chi connectivity index (χ2v) is 0. The van der Waals surface area contributed by atoms with Gasteiger partial charge < -0.3 is 0 Å². The molecule has 0 heterocycles. The molecule has 0 nitrogen and oxygen atoms in total. The molecule has 152 valence electrons. The first-order valence-electron chi connectivity index (χ1n) is 3.00. The molecule has 0 aromatic carbocycles. The Labute approximate surface area is 1250 Å². The van der Waals surface area contributed by atoms with Crippen LogP contribution < -0.4 is 0 Å². The predicted molar refractivity (Wildman–Crippen MR) is 230 cm³/mol. The maximum atomic E-state index is 1.11. The Bertz CT molecular complexity index is 35.3. The second kappa shape index (κ2) is 280. The van der Waals surface area contributed by atoms with Gasteiger partial charge in [-0.2, -0.15) is 0 Å². The molecule has 0 saturated heterocycles. The van der Waals surface area contributed by atoms with E-state index in [1.54, 1.807) is 0 Å². The van der Waals surface area contributed by atoms with Gasteiger partial charge in [-0.3, -0.25) is 0 Å². The van der Waals surface area contributed by atoms with Crippen LogP contribution in [0, 0.1) is 0 Å². The average Bonchev–Trinajstić information content (AvgIpc) is 1.81. The molecule has 0 atom stereocenters. The molecular weight excluding hydrogens is 5000 g/mol. The van der Waals surface area contributed by atoms with E-state index in [2.05, 4.69) is 0 Å². The van der Waals surface area contributed by atoms with E-state index < -0.39 is 0 Å². The zero-order valence-corrected chi connectivity index (χ0v) is 171. The van der Waals surface area contributed by atoms with E-state index in [0.717, 1.165) is 221 Å². The molecule has 0 fully saturated rings. The van der Waals surface area contributed by atoms with Crippen molar-refractivity contribution in [2.75, 3.05) is 0 Å². The van der Waals surface area contributed by atoms with Crippen LogP contribution in [0.4, 0.5) is 0 Å². The van der Waals surface area contributed by atoms with Gasteiger partial charge in [-0.1, -0.05) is 0 Å². The summed E-state index contributed by atoms with van der Waals surface area (Å²) in [6.07, 6.45) is 0. The molecule has 40 heteroatoms. The molecule has 0 aromatic rings. The molecule has 0 aliphatic rings. The summed E-state index contributed by atoms with van der Waals surface area (Å²) in [4.78, 5) is 0. The van der Waals surface area contributed by atoms with E-state index >= 15 is 0 Å². The van der Waals surface area contributed by atoms with Crippen molar-refractivity contribution in [2.24, 2.45) is 0 Å². The van der Waals surface area contributed by atoms with Crippen LogP contribution >= 0.6 is 0 Å². The van der Waals surface area contributed by atoms with Gasteiger partial charge in [-0.25, -0.2) is 0 Å². The smallest absolute Gasteiger partial charge is 0 e. The summed E-state index contributed by atoms with van der Waals surface area (Å²) in [6.45, 7) is 0. The molecule has 0 N–H and O–H groups in total. The van der Waals surface area contributed by atoms with E-state index in [0.29, 0.717) is 0 Å². The predicted octanol–water partition coefficient (Wildman–Crippen LogP) is -15.2. The molecule has 0 aromatic heterocycles. The first-order chi connectivity index (χ1) is 3.00. The summed E-state index contributed by atoms with van der Waals surface area (Å²) in [6, 6.07) is 0. The Morgan fingerprint density at radius 1 is 0.100 bits per heavy atom. The third-order valence-corrected chi connectivity index (χ3v) is 0. The van der Waals surface area contributed by atoms with Crippen LogP contribution in [0.2, 0.25) is 0 Å². The Balaban J connectivity index is -0.0000000000677. The molecule has 0 rings (SSSR count). The van der Waals surface area contributed by atoms with Gasteiger partial charge in [0.1, 0.15) is 0 Å². The Hall–Kier alpha value is 47.5. The van der Waals surface area contributed by atoms with Crippen LogP contribution in [-0.2, 0) is 0 Å². The fraction of sp³-hybridized carbons (Fsp3) is 0. The quantitative estimate of drug-likeness (QED) is 0.212. The molecular formula is Cs12Sb28. The largest absolute Gasteiger partial charge is 0 e. The van der Waals surface area contributed by atoms with Crippen LogP contribution in [0.5, 0.6) is 0 Å². The van der Waals surface area contributed by atoms with Crippen molar-refractivity contribution in [1.82, 2.24) is 0 Å². The maximum Gasteiger partial charge on any atom is 0 e. The minimum absolute atomic E-state index is 0. The third kappa shape index (κ3) is 271. The molecule has 0 saturated carbocycles. The van der Waals surface area contributed by atoms with Crippen molar-refractivity contribution in [3.63, 3.8) is 0 Å². The number of hydrogen-bond donors (Lipinski definition) is 0. The fourth-order valence-electron chi connectivity index (χ4n) is 0. The van der Waals surface area contributed by atoms with E-state index in [1.165, 1.54) is 0 Å². The molecule has 0 aliphatic carbocycles. The number of rotatable bonds is 0. The third-order valence-electron chi connectivity index (χ3n) is 0. The molecule has 0 bridgehead atoms. The van der Waals surface area contributed by atoms with E-state index in [-0.39, 0.29) is 1100 Å². The van der Waals surface area contributed by atoms with Crippen molar-refractivity contribution < 1.29 is 0 Å². The first kappa shape index (κ1) is 257. The van der Waals surface area contributed by atoms with E-state index in [1.807, 2.05) is 0 Å². The normalized spacial score (nSPS) is 0.600. The standard InChI is InChI=1S/12Cs.28Sb. The molecule has 90 radical (unpaired) electrons. The van der Waals surface area contributed by atoms with Crippen LogP contribution in [0.1, 0.15) is 0 Å².